The molecule has 1 saturated carbocycles. The number of halogens is 1. The van der Waals surface area contributed by atoms with Gasteiger partial charge in [-0.15, -0.1) is 0 Å². The number of nitrogens with one attached hydrogen (secondary N) is 1. The molecule has 18 heavy (non-hydrogen) atoms. The van der Waals surface area contributed by atoms with Crippen molar-refractivity contribution in [3.05, 3.63) is 29.6 Å². The number of nitrogens with two attached hydrogens (primary N) is 1. The normalized spacial score (nSPS) is 23.7. The van der Waals surface area contributed by atoms with Gasteiger partial charge >= 0.3 is 0 Å². The summed E-state index contributed by atoms with van der Waals surface area (Å²) in [4.78, 5) is 12.0. The lowest BCUT2D eigenvalue weighted by Crippen LogP contribution is -2.38. The molecular weight excluding hydrogens is 231 g/mol. The summed E-state index contributed by atoms with van der Waals surface area (Å²) >= 11 is 0. The maximum Gasteiger partial charge on any atom is 0.251 e. The second-order valence-corrected chi connectivity index (χ2v) is 5.18. The first-order valence-electron chi connectivity index (χ1n) is 6.42. The summed E-state index contributed by atoms with van der Waals surface area (Å²) < 4.78 is 13.0. The van der Waals surface area contributed by atoms with E-state index in [1.54, 1.807) is 0 Å². The molecule has 0 saturated heterocycles. The van der Waals surface area contributed by atoms with E-state index >= 15 is 0 Å². The van der Waals surface area contributed by atoms with E-state index in [0.29, 0.717) is 11.5 Å². The Morgan fingerprint density at radius 3 is 2.89 bits per heavy atom. The number of carbonyl (C=O) groups is 1. The number of nitrogen functional groups attached to an aromatic ring is 1. The molecule has 0 aliphatic heterocycles. The molecule has 1 fully saturated rings. The molecule has 2 unspecified atom stereocenters. The molecule has 2 rings (SSSR count). The van der Waals surface area contributed by atoms with Crippen LogP contribution in [0.1, 0.15) is 43.0 Å². The maximum absolute atomic E-state index is 13.0. The van der Waals surface area contributed by atoms with Crippen LogP contribution < -0.4 is 11.1 Å². The highest BCUT2D eigenvalue weighted by atomic mass is 19.1. The predicted octanol–water partition coefficient (Wildman–Crippen LogP) is 2.72. The number of anilines is 1. The van der Waals surface area contributed by atoms with E-state index in [4.69, 9.17) is 5.73 Å². The molecule has 0 bridgehead atoms. The van der Waals surface area contributed by atoms with Gasteiger partial charge in [0.1, 0.15) is 5.82 Å². The highest BCUT2D eigenvalue weighted by Gasteiger charge is 2.21. The Morgan fingerprint density at radius 2 is 2.22 bits per heavy atom. The van der Waals surface area contributed by atoms with Gasteiger partial charge in [0.25, 0.3) is 5.91 Å². The smallest absolute Gasteiger partial charge is 0.251 e. The van der Waals surface area contributed by atoms with Crippen molar-refractivity contribution in [3.8, 4) is 0 Å². The summed E-state index contributed by atoms with van der Waals surface area (Å²) in [6, 6.07) is 4.31. The molecule has 3 N–H and O–H groups in total. The van der Waals surface area contributed by atoms with Gasteiger partial charge in [-0.2, -0.15) is 0 Å². The second kappa shape index (κ2) is 5.38. The van der Waals surface area contributed by atoms with E-state index in [9.17, 15) is 9.18 Å². The summed E-state index contributed by atoms with van der Waals surface area (Å²) in [5.74, 6) is 0.000904. The standard InChI is InChI=1S/C14H19FN2O/c1-9-3-2-4-11(7-9)17-14(18)10-5-6-12(15)13(16)8-10/h5-6,8-9,11H,2-4,7,16H2,1H3,(H,17,18). The fourth-order valence-corrected chi connectivity index (χ4v) is 2.52. The first kappa shape index (κ1) is 12.9. The van der Waals surface area contributed by atoms with E-state index < -0.39 is 5.82 Å². The van der Waals surface area contributed by atoms with Crippen LogP contribution in [-0.4, -0.2) is 11.9 Å². The summed E-state index contributed by atoms with van der Waals surface area (Å²) in [5.41, 5.74) is 5.90. The molecule has 0 aromatic heterocycles. The molecular formula is C14H19FN2O. The van der Waals surface area contributed by atoms with Crippen molar-refractivity contribution in [2.45, 2.75) is 38.6 Å². The lowest BCUT2D eigenvalue weighted by molar-refractivity contribution is 0.0921. The van der Waals surface area contributed by atoms with Crippen LogP contribution in [0.5, 0.6) is 0 Å². The van der Waals surface area contributed by atoms with Crippen LogP contribution in [0.15, 0.2) is 18.2 Å². The molecule has 0 radical (unpaired) electrons. The molecule has 0 heterocycles. The van der Waals surface area contributed by atoms with E-state index in [0.717, 1.165) is 19.3 Å². The average molecular weight is 250 g/mol. The Morgan fingerprint density at radius 1 is 1.44 bits per heavy atom. The van der Waals surface area contributed by atoms with Gasteiger partial charge < -0.3 is 11.1 Å². The van der Waals surface area contributed by atoms with Crippen molar-refractivity contribution in [1.82, 2.24) is 5.32 Å². The van der Waals surface area contributed by atoms with Crippen LogP contribution >= 0.6 is 0 Å². The molecule has 3 nitrogen and oxygen atoms in total. The van der Waals surface area contributed by atoms with Crippen molar-refractivity contribution < 1.29 is 9.18 Å². The van der Waals surface area contributed by atoms with Gasteiger partial charge in [0, 0.05) is 11.6 Å². The van der Waals surface area contributed by atoms with Gasteiger partial charge in [-0.1, -0.05) is 19.8 Å². The third-order valence-corrected chi connectivity index (χ3v) is 3.53. The Hall–Kier alpha value is -1.58. The fourth-order valence-electron chi connectivity index (χ4n) is 2.52. The third kappa shape index (κ3) is 3.00. The molecule has 2 atom stereocenters. The number of rotatable bonds is 2. The zero-order chi connectivity index (χ0) is 13.1. The van der Waals surface area contributed by atoms with Gasteiger partial charge in [0.05, 0.1) is 5.69 Å². The SMILES string of the molecule is CC1CCCC(NC(=O)c2ccc(F)c(N)c2)C1. The van der Waals surface area contributed by atoms with Crippen molar-refractivity contribution in [2.75, 3.05) is 5.73 Å². The van der Waals surface area contributed by atoms with Gasteiger partial charge in [-0.25, -0.2) is 4.39 Å². The van der Waals surface area contributed by atoms with E-state index in [1.165, 1.54) is 24.6 Å². The number of benzene rings is 1. The van der Waals surface area contributed by atoms with Gasteiger partial charge in [-0.3, -0.25) is 4.79 Å². The van der Waals surface area contributed by atoms with Gasteiger partial charge in [-0.05, 0) is 37.0 Å². The maximum atomic E-state index is 13.0. The quantitative estimate of drug-likeness (QED) is 0.793. The van der Waals surface area contributed by atoms with E-state index in [1.807, 2.05) is 0 Å². The van der Waals surface area contributed by atoms with Crippen LogP contribution in [0.2, 0.25) is 0 Å². The molecule has 1 aliphatic rings. The first-order chi connectivity index (χ1) is 8.56. The van der Waals surface area contributed by atoms with Crippen LogP contribution in [0.4, 0.5) is 10.1 Å². The molecule has 1 aliphatic carbocycles. The summed E-state index contributed by atoms with van der Waals surface area (Å²) in [7, 11) is 0. The number of hydrogen-bond donors (Lipinski definition) is 2. The van der Waals surface area contributed by atoms with Crippen LogP contribution in [0.25, 0.3) is 0 Å². The van der Waals surface area contributed by atoms with E-state index in [2.05, 4.69) is 12.2 Å². The topological polar surface area (TPSA) is 55.1 Å². The lowest BCUT2D eigenvalue weighted by Gasteiger charge is -2.27. The molecule has 1 aromatic carbocycles. The zero-order valence-corrected chi connectivity index (χ0v) is 10.6. The monoisotopic (exact) mass is 250 g/mol. The van der Waals surface area contributed by atoms with Crippen molar-refractivity contribution >= 4 is 11.6 Å². The van der Waals surface area contributed by atoms with Gasteiger partial charge in [0.2, 0.25) is 0 Å². The van der Waals surface area contributed by atoms with Gasteiger partial charge in [0.15, 0.2) is 0 Å². The van der Waals surface area contributed by atoms with E-state index in [-0.39, 0.29) is 17.6 Å². The highest BCUT2D eigenvalue weighted by Crippen LogP contribution is 2.23. The lowest BCUT2D eigenvalue weighted by atomic mass is 9.87. The molecule has 4 heteroatoms. The number of hydrogen-bond acceptors (Lipinski definition) is 2. The predicted molar refractivity (Wildman–Crippen MR) is 69.7 cm³/mol. The Bertz CT molecular complexity index is 447. The van der Waals surface area contributed by atoms with Crippen LogP contribution in [0.3, 0.4) is 0 Å². The minimum absolute atomic E-state index is 0.0136. The van der Waals surface area contributed by atoms with Crippen molar-refractivity contribution in [1.29, 1.82) is 0 Å². The van der Waals surface area contributed by atoms with Crippen molar-refractivity contribution in [2.24, 2.45) is 5.92 Å². The Labute approximate surface area is 107 Å². The molecule has 1 aromatic rings. The molecule has 0 spiro atoms. The largest absolute Gasteiger partial charge is 0.396 e. The summed E-state index contributed by atoms with van der Waals surface area (Å²) in [5, 5.41) is 3.00. The Kier molecular flexibility index (Phi) is 3.84. The average Bonchev–Trinajstić information content (AvgIpc) is 2.32. The minimum Gasteiger partial charge on any atom is -0.396 e. The molecule has 98 valence electrons. The van der Waals surface area contributed by atoms with Crippen LogP contribution in [-0.2, 0) is 0 Å². The first-order valence-corrected chi connectivity index (χ1v) is 6.42. The summed E-state index contributed by atoms with van der Waals surface area (Å²) in [6.45, 7) is 2.20. The minimum atomic E-state index is -0.488. The molecule has 1 amide bonds. The Balaban J connectivity index is 2.00. The van der Waals surface area contributed by atoms with Crippen LogP contribution in [0, 0.1) is 11.7 Å². The number of amides is 1. The number of carbonyl (C=O) groups excluding carboxylic acids is 1. The fraction of sp³-hybridized carbons (Fsp3) is 0.500. The van der Waals surface area contributed by atoms with Crippen molar-refractivity contribution in [3.63, 3.8) is 0 Å². The third-order valence-electron chi connectivity index (χ3n) is 3.53. The zero-order valence-electron chi connectivity index (χ0n) is 10.6. The second-order valence-electron chi connectivity index (χ2n) is 5.18. The highest BCUT2D eigenvalue weighted by molar-refractivity contribution is 5.95. The summed E-state index contributed by atoms with van der Waals surface area (Å²) in [6.07, 6.45) is 4.42.